The zero-order valence-electron chi connectivity index (χ0n) is 16.3. The van der Waals surface area contributed by atoms with Crippen molar-refractivity contribution in [3.63, 3.8) is 0 Å². The molecule has 0 radical (unpaired) electrons. The summed E-state index contributed by atoms with van der Waals surface area (Å²) in [5.74, 6) is 0.0736. The van der Waals surface area contributed by atoms with E-state index in [9.17, 15) is 9.59 Å². The van der Waals surface area contributed by atoms with Crippen LogP contribution in [-0.2, 0) is 4.79 Å². The maximum atomic E-state index is 12.9. The molecule has 0 heterocycles. The molecule has 2 aromatic carbocycles. The van der Waals surface area contributed by atoms with Gasteiger partial charge in [0.25, 0.3) is 5.91 Å². The Labute approximate surface area is 166 Å². The summed E-state index contributed by atoms with van der Waals surface area (Å²) in [5.41, 5.74) is 3.27. The fourth-order valence-corrected chi connectivity index (χ4v) is 3.78. The van der Waals surface area contributed by atoms with Gasteiger partial charge in [-0.05, 0) is 61.6 Å². The van der Waals surface area contributed by atoms with Crippen molar-refractivity contribution < 1.29 is 9.59 Å². The minimum absolute atomic E-state index is 0.000965. The average molecular weight is 375 g/mol. The number of amides is 2. The molecule has 28 heavy (non-hydrogen) atoms. The molecule has 1 N–H and O–H groups in total. The number of carbonyl (C=O) groups is 2. The Balaban J connectivity index is 1.65. The SMILES string of the molecule is CCNC(=O)[C@H]1CC[C@@H](N(C)C(=O)c2ccc(-c3ccc(C#N)cc3)cc2)C1. The van der Waals surface area contributed by atoms with Crippen LogP contribution < -0.4 is 5.32 Å². The third-order valence-electron chi connectivity index (χ3n) is 5.47. The van der Waals surface area contributed by atoms with Gasteiger partial charge in [-0.25, -0.2) is 0 Å². The molecule has 5 heteroatoms. The van der Waals surface area contributed by atoms with E-state index < -0.39 is 0 Å². The molecule has 144 valence electrons. The second kappa shape index (κ2) is 8.71. The van der Waals surface area contributed by atoms with Crippen LogP contribution >= 0.6 is 0 Å². The molecule has 1 fully saturated rings. The predicted molar refractivity (Wildman–Crippen MR) is 108 cm³/mol. The van der Waals surface area contributed by atoms with Crippen LogP contribution in [0.25, 0.3) is 11.1 Å². The van der Waals surface area contributed by atoms with Gasteiger partial charge in [0.1, 0.15) is 0 Å². The number of benzene rings is 2. The maximum Gasteiger partial charge on any atom is 0.253 e. The zero-order chi connectivity index (χ0) is 20.1. The first kappa shape index (κ1) is 19.6. The molecule has 2 amide bonds. The molecule has 3 rings (SSSR count). The lowest BCUT2D eigenvalue weighted by atomic mass is 10.0. The van der Waals surface area contributed by atoms with E-state index in [1.54, 1.807) is 17.0 Å². The fourth-order valence-electron chi connectivity index (χ4n) is 3.78. The van der Waals surface area contributed by atoms with E-state index in [4.69, 9.17) is 5.26 Å². The molecule has 1 aliphatic carbocycles. The van der Waals surface area contributed by atoms with E-state index in [0.29, 0.717) is 17.7 Å². The van der Waals surface area contributed by atoms with Crippen molar-refractivity contribution in [2.75, 3.05) is 13.6 Å². The van der Waals surface area contributed by atoms with Gasteiger partial charge in [-0.1, -0.05) is 24.3 Å². The smallest absolute Gasteiger partial charge is 0.253 e. The van der Waals surface area contributed by atoms with Gasteiger partial charge in [0.2, 0.25) is 5.91 Å². The van der Waals surface area contributed by atoms with E-state index in [1.807, 2.05) is 50.4 Å². The van der Waals surface area contributed by atoms with Crippen LogP contribution in [-0.4, -0.2) is 36.3 Å². The summed E-state index contributed by atoms with van der Waals surface area (Å²) in [6, 6.07) is 17.1. The maximum absolute atomic E-state index is 12.9. The molecule has 0 bridgehead atoms. The number of carbonyl (C=O) groups excluding carboxylic acids is 2. The molecule has 0 aliphatic heterocycles. The van der Waals surface area contributed by atoms with Crippen LogP contribution in [0.5, 0.6) is 0 Å². The minimum atomic E-state index is -0.0204. The minimum Gasteiger partial charge on any atom is -0.356 e. The van der Waals surface area contributed by atoms with Crippen LogP contribution in [0.2, 0.25) is 0 Å². The summed E-state index contributed by atoms with van der Waals surface area (Å²) in [4.78, 5) is 26.7. The first-order valence-electron chi connectivity index (χ1n) is 9.69. The van der Waals surface area contributed by atoms with Crippen LogP contribution in [0.1, 0.15) is 42.1 Å². The van der Waals surface area contributed by atoms with Gasteiger partial charge in [-0.15, -0.1) is 0 Å². The molecular formula is C23H25N3O2. The molecule has 0 spiro atoms. The Morgan fingerprint density at radius 3 is 2.25 bits per heavy atom. The lowest BCUT2D eigenvalue weighted by Gasteiger charge is -2.25. The molecule has 0 unspecified atom stereocenters. The Hall–Kier alpha value is -3.13. The van der Waals surface area contributed by atoms with Crippen LogP contribution in [0.4, 0.5) is 0 Å². The summed E-state index contributed by atoms with van der Waals surface area (Å²) in [6.07, 6.45) is 2.40. The summed E-state index contributed by atoms with van der Waals surface area (Å²) in [5, 5.41) is 11.8. The second-order valence-corrected chi connectivity index (χ2v) is 7.24. The van der Waals surface area contributed by atoms with E-state index in [1.165, 1.54) is 0 Å². The first-order chi connectivity index (χ1) is 13.5. The van der Waals surface area contributed by atoms with E-state index in [-0.39, 0.29) is 23.8 Å². The Kier molecular flexibility index (Phi) is 6.10. The van der Waals surface area contributed by atoms with Crippen molar-refractivity contribution in [3.8, 4) is 17.2 Å². The van der Waals surface area contributed by atoms with Crippen molar-refractivity contribution in [2.45, 2.75) is 32.2 Å². The summed E-state index contributed by atoms with van der Waals surface area (Å²) in [7, 11) is 1.82. The highest BCUT2D eigenvalue weighted by Crippen LogP contribution is 2.30. The van der Waals surface area contributed by atoms with Gasteiger partial charge in [0, 0.05) is 31.1 Å². The van der Waals surface area contributed by atoms with Crippen LogP contribution in [0.15, 0.2) is 48.5 Å². The largest absolute Gasteiger partial charge is 0.356 e. The highest BCUT2D eigenvalue weighted by Gasteiger charge is 2.33. The molecule has 1 saturated carbocycles. The molecular weight excluding hydrogens is 350 g/mol. The van der Waals surface area contributed by atoms with Gasteiger partial charge >= 0.3 is 0 Å². The molecule has 0 saturated heterocycles. The quantitative estimate of drug-likeness (QED) is 0.868. The monoisotopic (exact) mass is 375 g/mol. The lowest BCUT2D eigenvalue weighted by molar-refractivity contribution is -0.124. The van der Waals surface area contributed by atoms with Crippen molar-refractivity contribution in [1.29, 1.82) is 5.26 Å². The third kappa shape index (κ3) is 4.23. The predicted octanol–water partition coefficient (Wildman–Crippen LogP) is 3.60. The van der Waals surface area contributed by atoms with Crippen LogP contribution in [0, 0.1) is 17.2 Å². The Morgan fingerprint density at radius 1 is 1.07 bits per heavy atom. The number of hydrogen-bond acceptors (Lipinski definition) is 3. The van der Waals surface area contributed by atoms with Gasteiger partial charge in [-0.3, -0.25) is 9.59 Å². The van der Waals surface area contributed by atoms with Crippen LogP contribution in [0.3, 0.4) is 0 Å². The molecule has 0 aromatic heterocycles. The molecule has 2 atom stereocenters. The zero-order valence-corrected chi connectivity index (χ0v) is 16.3. The third-order valence-corrected chi connectivity index (χ3v) is 5.47. The highest BCUT2D eigenvalue weighted by molar-refractivity contribution is 5.95. The molecule has 2 aromatic rings. The van der Waals surface area contributed by atoms with Gasteiger partial charge in [0.15, 0.2) is 0 Å². The summed E-state index contributed by atoms with van der Waals surface area (Å²) >= 11 is 0. The van der Waals surface area contributed by atoms with E-state index in [2.05, 4.69) is 11.4 Å². The number of nitriles is 1. The van der Waals surface area contributed by atoms with Gasteiger partial charge in [0.05, 0.1) is 11.6 Å². The van der Waals surface area contributed by atoms with E-state index in [0.717, 1.165) is 30.4 Å². The Morgan fingerprint density at radius 2 is 1.68 bits per heavy atom. The number of hydrogen-bond donors (Lipinski definition) is 1. The van der Waals surface area contributed by atoms with Crippen molar-refractivity contribution in [1.82, 2.24) is 10.2 Å². The summed E-state index contributed by atoms with van der Waals surface area (Å²) in [6.45, 7) is 2.56. The molecule has 5 nitrogen and oxygen atoms in total. The highest BCUT2D eigenvalue weighted by atomic mass is 16.2. The Bertz CT molecular complexity index is 882. The van der Waals surface area contributed by atoms with Crippen molar-refractivity contribution >= 4 is 11.8 Å². The van der Waals surface area contributed by atoms with Gasteiger partial charge in [-0.2, -0.15) is 5.26 Å². The fraction of sp³-hybridized carbons (Fsp3) is 0.348. The van der Waals surface area contributed by atoms with Crippen molar-refractivity contribution in [3.05, 3.63) is 59.7 Å². The van der Waals surface area contributed by atoms with E-state index >= 15 is 0 Å². The number of nitrogens with one attached hydrogen (secondary N) is 1. The average Bonchev–Trinajstić information content (AvgIpc) is 3.23. The second-order valence-electron chi connectivity index (χ2n) is 7.24. The standard InChI is InChI=1S/C23H25N3O2/c1-3-25-22(27)20-12-13-21(14-20)26(2)23(28)19-10-8-18(9-11-19)17-6-4-16(15-24)5-7-17/h4-11,20-21H,3,12-14H2,1-2H3,(H,25,27)/t20-,21+/m0/s1. The first-order valence-corrected chi connectivity index (χ1v) is 9.69. The lowest BCUT2D eigenvalue weighted by Crippen LogP contribution is -2.36. The number of nitrogens with zero attached hydrogens (tertiary/aromatic N) is 2. The summed E-state index contributed by atoms with van der Waals surface area (Å²) < 4.78 is 0. The molecule has 1 aliphatic rings. The normalized spacial score (nSPS) is 18.3. The number of rotatable bonds is 5. The topological polar surface area (TPSA) is 73.2 Å². The van der Waals surface area contributed by atoms with Gasteiger partial charge < -0.3 is 10.2 Å². The van der Waals surface area contributed by atoms with Crippen molar-refractivity contribution in [2.24, 2.45) is 5.92 Å².